The van der Waals surface area contributed by atoms with Crippen LogP contribution in [-0.4, -0.2) is 15.3 Å². The van der Waals surface area contributed by atoms with E-state index >= 15 is 0 Å². The molecule has 0 bridgehead atoms. The Labute approximate surface area is 121 Å². The Balaban J connectivity index is 1.76. The highest BCUT2D eigenvalue weighted by Crippen LogP contribution is 2.24. The van der Waals surface area contributed by atoms with E-state index in [9.17, 15) is 0 Å². The number of nitrogens with one attached hydrogen (secondary N) is 1. The average Bonchev–Trinajstić information content (AvgIpc) is 3.18. The van der Waals surface area contributed by atoms with Crippen molar-refractivity contribution in [2.24, 2.45) is 0 Å². The molecule has 3 rings (SSSR count). The molecule has 2 N–H and O–H groups in total. The molecule has 21 heavy (non-hydrogen) atoms. The van der Waals surface area contributed by atoms with Gasteiger partial charge in [0.15, 0.2) is 0 Å². The van der Waals surface area contributed by atoms with Crippen molar-refractivity contribution < 1.29 is 13.9 Å². The summed E-state index contributed by atoms with van der Waals surface area (Å²) in [6, 6.07) is 9.49. The van der Waals surface area contributed by atoms with Crippen molar-refractivity contribution in [1.29, 1.82) is 0 Å². The second-order valence-corrected chi connectivity index (χ2v) is 4.65. The zero-order valence-electron chi connectivity index (χ0n) is 11.5. The smallest absolute Gasteiger partial charge is 0.247 e. The molecule has 0 fully saturated rings. The van der Waals surface area contributed by atoms with Crippen LogP contribution in [0.5, 0.6) is 0 Å². The molecule has 0 radical (unpaired) electrons. The van der Waals surface area contributed by atoms with Gasteiger partial charge in [0.1, 0.15) is 18.1 Å². The monoisotopic (exact) mass is 285 g/mol. The van der Waals surface area contributed by atoms with Crippen LogP contribution in [0.15, 0.2) is 45.6 Å². The van der Waals surface area contributed by atoms with E-state index < -0.39 is 0 Å². The molecule has 0 spiro atoms. The number of aliphatic hydroxyl groups excluding tert-OH is 1. The first-order chi connectivity index (χ1) is 10.3. The minimum absolute atomic E-state index is 0.0916. The van der Waals surface area contributed by atoms with Gasteiger partial charge in [-0.15, -0.1) is 10.2 Å². The highest BCUT2D eigenvalue weighted by atomic mass is 16.4. The van der Waals surface area contributed by atoms with Crippen LogP contribution in [0, 0.1) is 6.92 Å². The average molecular weight is 285 g/mol. The number of nitrogens with zero attached hydrogens (tertiary/aromatic N) is 2. The highest BCUT2D eigenvalue weighted by molar-refractivity contribution is 5.64. The molecule has 0 aliphatic heterocycles. The SMILES string of the molecule is Cc1ccc(-c2nnco2)cc1NCc1ccc(CO)o1. The van der Waals surface area contributed by atoms with E-state index in [1.165, 1.54) is 6.39 Å². The zero-order chi connectivity index (χ0) is 14.7. The molecule has 2 heterocycles. The Hall–Kier alpha value is -2.60. The summed E-state index contributed by atoms with van der Waals surface area (Å²) >= 11 is 0. The summed E-state index contributed by atoms with van der Waals surface area (Å²) in [5.74, 6) is 1.81. The minimum Gasteiger partial charge on any atom is -0.462 e. The largest absolute Gasteiger partial charge is 0.462 e. The minimum atomic E-state index is -0.0916. The second-order valence-electron chi connectivity index (χ2n) is 4.65. The molecule has 0 aliphatic rings. The summed E-state index contributed by atoms with van der Waals surface area (Å²) in [5, 5.41) is 19.9. The van der Waals surface area contributed by atoms with Crippen molar-refractivity contribution in [3.8, 4) is 11.5 Å². The molecule has 3 aromatic rings. The van der Waals surface area contributed by atoms with Gasteiger partial charge in [-0.3, -0.25) is 0 Å². The first kappa shape index (κ1) is 13.4. The van der Waals surface area contributed by atoms with E-state index in [0.29, 0.717) is 18.2 Å². The standard InChI is InChI=1S/C15H15N3O3/c1-10-2-3-11(15-18-17-9-20-15)6-14(10)16-7-12-4-5-13(8-19)21-12/h2-6,9,16,19H,7-8H2,1H3. The summed E-state index contributed by atoms with van der Waals surface area (Å²) in [4.78, 5) is 0. The molecular weight excluding hydrogens is 270 g/mol. The molecule has 0 saturated heterocycles. The van der Waals surface area contributed by atoms with Crippen LogP contribution in [0.3, 0.4) is 0 Å². The number of hydrogen-bond acceptors (Lipinski definition) is 6. The summed E-state index contributed by atoms with van der Waals surface area (Å²) in [5.41, 5.74) is 2.93. The summed E-state index contributed by atoms with van der Waals surface area (Å²) in [6.45, 7) is 2.46. The quantitative estimate of drug-likeness (QED) is 0.750. The maximum absolute atomic E-state index is 8.98. The van der Waals surface area contributed by atoms with Gasteiger partial charge in [0.25, 0.3) is 0 Å². The number of aromatic nitrogens is 2. The Morgan fingerprint density at radius 1 is 1.19 bits per heavy atom. The second kappa shape index (κ2) is 5.80. The summed E-state index contributed by atoms with van der Waals surface area (Å²) < 4.78 is 10.6. The van der Waals surface area contributed by atoms with Crippen LogP contribution in [0.2, 0.25) is 0 Å². The van der Waals surface area contributed by atoms with Crippen molar-refractivity contribution in [3.05, 3.63) is 53.8 Å². The Morgan fingerprint density at radius 3 is 2.76 bits per heavy atom. The molecule has 0 amide bonds. The lowest BCUT2D eigenvalue weighted by atomic mass is 10.1. The van der Waals surface area contributed by atoms with Gasteiger partial charge in [0.05, 0.1) is 6.54 Å². The van der Waals surface area contributed by atoms with Gasteiger partial charge in [-0.1, -0.05) is 6.07 Å². The van der Waals surface area contributed by atoms with Crippen molar-refractivity contribution in [2.45, 2.75) is 20.1 Å². The van der Waals surface area contributed by atoms with E-state index in [0.717, 1.165) is 22.6 Å². The lowest BCUT2D eigenvalue weighted by Crippen LogP contribution is -2.00. The third-order valence-corrected chi connectivity index (χ3v) is 3.17. The molecule has 6 nitrogen and oxygen atoms in total. The van der Waals surface area contributed by atoms with Crippen LogP contribution < -0.4 is 5.32 Å². The Bertz CT molecular complexity index is 720. The maximum Gasteiger partial charge on any atom is 0.247 e. The van der Waals surface area contributed by atoms with E-state index in [1.807, 2.05) is 31.2 Å². The zero-order valence-corrected chi connectivity index (χ0v) is 11.5. The molecular formula is C15H15N3O3. The van der Waals surface area contributed by atoms with Crippen molar-refractivity contribution >= 4 is 5.69 Å². The Morgan fingerprint density at radius 2 is 2.05 bits per heavy atom. The van der Waals surface area contributed by atoms with E-state index in [2.05, 4.69) is 15.5 Å². The van der Waals surface area contributed by atoms with E-state index in [1.54, 1.807) is 6.07 Å². The number of rotatable bonds is 5. The van der Waals surface area contributed by atoms with Gasteiger partial charge >= 0.3 is 0 Å². The number of aryl methyl sites for hydroxylation is 1. The van der Waals surface area contributed by atoms with Crippen LogP contribution in [0.25, 0.3) is 11.5 Å². The number of furan rings is 1. The lowest BCUT2D eigenvalue weighted by Gasteiger charge is -2.09. The van der Waals surface area contributed by atoms with Gasteiger partial charge in [-0.05, 0) is 36.8 Å². The predicted octanol–water partition coefficient (Wildman–Crippen LogP) is 2.74. The molecule has 1 aromatic carbocycles. The molecule has 0 saturated carbocycles. The van der Waals surface area contributed by atoms with Crippen molar-refractivity contribution in [3.63, 3.8) is 0 Å². The number of hydrogen-bond donors (Lipinski definition) is 2. The molecule has 6 heteroatoms. The fourth-order valence-electron chi connectivity index (χ4n) is 2.03. The van der Waals surface area contributed by atoms with Gasteiger partial charge in [-0.2, -0.15) is 0 Å². The molecule has 0 aliphatic carbocycles. The number of benzene rings is 1. The highest BCUT2D eigenvalue weighted by Gasteiger charge is 2.07. The van der Waals surface area contributed by atoms with Crippen LogP contribution in [0.4, 0.5) is 5.69 Å². The summed E-state index contributed by atoms with van der Waals surface area (Å²) in [6.07, 6.45) is 1.31. The molecule has 108 valence electrons. The summed E-state index contributed by atoms with van der Waals surface area (Å²) in [7, 11) is 0. The van der Waals surface area contributed by atoms with Gasteiger partial charge in [0, 0.05) is 11.3 Å². The van der Waals surface area contributed by atoms with Crippen molar-refractivity contribution in [2.75, 3.05) is 5.32 Å². The molecule has 0 atom stereocenters. The molecule has 0 unspecified atom stereocenters. The number of aliphatic hydroxyl groups is 1. The van der Waals surface area contributed by atoms with Crippen LogP contribution in [-0.2, 0) is 13.2 Å². The predicted molar refractivity (Wildman–Crippen MR) is 76.4 cm³/mol. The fraction of sp³-hybridized carbons (Fsp3) is 0.200. The van der Waals surface area contributed by atoms with E-state index in [-0.39, 0.29) is 6.61 Å². The van der Waals surface area contributed by atoms with Gasteiger partial charge < -0.3 is 19.3 Å². The third-order valence-electron chi connectivity index (χ3n) is 3.17. The van der Waals surface area contributed by atoms with E-state index in [4.69, 9.17) is 13.9 Å². The maximum atomic E-state index is 8.98. The first-order valence-electron chi connectivity index (χ1n) is 6.56. The lowest BCUT2D eigenvalue weighted by molar-refractivity contribution is 0.244. The van der Waals surface area contributed by atoms with Crippen LogP contribution in [0.1, 0.15) is 17.1 Å². The van der Waals surface area contributed by atoms with Crippen LogP contribution >= 0.6 is 0 Å². The van der Waals surface area contributed by atoms with Crippen molar-refractivity contribution in [1.82, 2.24) is 10.2 Å². The first-order valence-corrected chi connectivity index (χ1v) is 6.56. The Kier molecular flexibility index (Phi) is 3.70. The third kappa shape index (κ3) is 2.95. The van der Waals surface area contributed by atoms with Gasteiger partial charge in [-0.25, -0.2) is 0 Å². The fourth-order valence-corrected chi connectivity index (χ4v) is 2.03. The number of anilines is 1. The topological polar surface area (TPSA) is 84.3 Å². The normalized spacial score (nSPS) is 10.8. The molecule has 2 aromatic heterocycles. The van der Waals surface area contributed by atoms with Gasteiger partial charge in [0.2, 0.25) is 12.3 Å².